The smallest absolute Gasteiger partial charge is 0.194 e. The number of nitrogens with one attached hydrogen (secondary N) is 1. The van der Waals surface area contributed by atoms with Gasteiger partial charge in [0.2, 0.25) is 0 Å². The van der Waals surface area contributed by atoms with E-state index in [0.29, 0.717) is 25.4 Å². The van der Waals surface area contributed by atoms with Crippen LogP contribution in [0.5, 0.6) is 0 Å². The fourth-order valence-corrected chi connectivity index (χ4v) is 3.97. The van der Waals surface area contributed by atoms with Gasteiger partial charge in [-0.2, -0.15) is 0 Å². The van der Waals surface area contributed by atoms with Gasteiger partial charge < -0.3 is 24.4 Å². The van der Waals surface area contributed by atoms with Crippen LogP contribution in [-0.2, 0) is 27.4 Å². The third-order valence-corrected chi connectivity index (χ3v) is 5.78. The van der Waals surface area contributed by atoms with Crippen molar-refractivity contribution in [3.8, 4) is 0 Å². The lowest BCUT2D eigenvalue weighted by atomic mass is 10.1. The average Bonchev–Trinajstić information content (AvgIpc) is 2.81. The van der Waals surface area contributed by atoms with E-state index in [1.165, 1.54) is 24.0 Å². The SMILES string of the molecule is CCNC(=NCc1ccc(COCC)cc1)N1CCC(OCC2CCCCO2)CC1. The molecule has 0 aromatic heterocycles. The molecule has 0 spiro atoms. The zero-order valence-electron chi connectivity index (χ0n) is 18.8. The number of hydrogen-bond donors (Lipinski definition) is 1. The number of aliphatic imine (C=N–C) groups is 1. The van der Waals surface area contributed by atoms with Crippen LogP contribution in [0.25, 0.3) is 0 Å². The van der Waals surface area contributed by atoms with Crippen LogP contribution in [-0.4, -0.2) is 62.5 Å². The maximum absolute atomic E-state index is 6.16. The van der Waals surface area contributed by atoms with Crippen LogP contribution in [0.2, 0.25) is 0 Å². The molecule has 1 aromatic carbocycles. The molecule has 3 rings (SSSR count). The van der Waals surface area contributed by atoms with Gasteiger partial charge >= 0.3 is 0 Å². The fourth-order valence-electron chi connectivity index (χ4n) is 3.97. The summed E-state index contributed by atoms with van der Waals surface area (Å²) in [4.78, 5) is 7.25. The second kappa shape index (κ2) is 12.9. The van der Waals surface area contributed by atoms with Crippen molar-refractivity contribution in [2.75, 3.05) is 39.5 Å². The van der Waals surface area contributed by atoms with E-state index < -0.39 is 0 Å². The minimum absolute atomic E-state index is 0.301. The Kier molecular flexibility index (Phi) is 9.93. The molecule has 0 saturated carbocycles. The highest BCUT2D eigenvalue weighted by molar-refractivity contribution is 5.80. The molecule has 0 radical (unpaired) electrons. The molecule has 1 unspecified atom stereocenters. The third kappa shape index (κ3) is 7.56. The highest BCUT2D eigenvalue weighted by atomic mass is 16.5. The molecule has 0 bridgehead atoms. The predicted molar refractivity (Wildman–Crippen MR) is 121 cm³/mol. The van der Waals surface area contributed by atoms with Gasteiger partial charge in [0.05, 0.1) is 32.0 Å². The van der Waals surface area contributed by atoms with Crippen molar-refractivity contribution in [2.45, 2.75) is 71.3 Å². The molecule has 1 aromatic rings. The van der Waals surface area contributed by atoms with Crippen LogP contribution in [0.3, 0.4) is 0 Å². The van der Waals surface area contributed by atoms with E-state index in [9.17, 15) is 0 Å². The van der Waals surface area contributed by atoms with Crippen molar-refractivity contribution in [2.24, 2.45) is 4.99 Å². The van der Waals surface area contributed by atoms with Crippen LogP contribution >= 0.6 is 0 Å². The quantitative estimate of drug-likeness (QED) is 0.490. The molecule has 2 fully saturated rings. The molecule has 2 aliphatic rings. The summed E-state index contributed by atoms with van der Waals surface area (Å²) >= 11 is 0. The van der Waals surface area contributed by atoms with Crippen molar-refractivity contribution >= 4 is 5.96 Å². The zero-order valence-corrected chi connectivity index (χ0v) is 18.8. The normalized spacial score (nSPS) is 21.1. The molecule has 2 heterocycles. The van der Waals surface area contributed by atoms with Gasteiger partial charge in [-0.1, -0.05) is 24.3 Å². The van der Waals surface area contributed by atoms with Gasteiger partial charge in [0.25, 0.3) is 0 Å². The number of benzene rings is 1. The highest BCUT2D eigenvalue weighted by Crippen LogP contribution is 2.18. The van der Waals surface area contributed by atoms with Crippen molar-refractivity contribution in [1.82, 2.24) is 10.2 Å². The number of likely N-dealkylation sites (tertiary alicyclic amines) is 1. The standard InChI is InChI=1S/C24H39N3O3/c1-3-25-24(26-17-20-8-10-21(11-9-20)18-28-4-2)27-14-12-22(13-15-27)30-19-23-7-5-6-16-29-23/h8-11,22-23H,3-7,12-19H2,1-2H3,(H,25,26). The first-order valence-electron chi connectivity index (χ1n) is 11.7. The minimum Gasteiger partial charge on any atom is -0.377 e. The number of nitrogens with zero attached hydrogens (tertiary/aromatic N) is 2. The Morgan fingerprint density at radius 1 is 1.10 bits per heavy atom. The molecule has 168 valence electrons. The molecule has 6 heteroatoms. The van der Waals surface area contributed by atoms with Crippen molar-refractivity contribution in [1.29, 1.82) is 0 Å². The number of guanidine groups is 1. The highest BCUT2D eigenvalue weighted by Gasteiger charge is 2.23. The Morgan fingerprint density at radius 3 is 2.53 bits per heavy atom. The van der Waals surface area contributed by atoms with Gasteiger partial charge in [-0.25, -0.2) is 4.99 Å². The third-order valence-electron chi connectivity index (χ3n) is 5.78. The maximum Gasteiger partial charge on any atom is 0.194 e. The summed E-state index contributed by atoms with van der Waals surface area (Å²) in [6, 6.07) is 8.56. The summed E-state index contributed by atoms with van der Waals surface area (Å²) in [7, 11) is 0. The van der Waals surface area contributed by atoms with Gasteiger partial charge in [0, 0.05) is 32.8 Å². The number of piperidine rings is 1. The number of hydrogen-bond acceptors (Lipinski definition) is 4. The molecule has 0 aliphatic carbocycles. The fraction of sp³-hybridized carbons (Fsp3) is 0.708. The van der Waals surface area contributed by atoms with Crippen LogP contribution < -0.4 is 5.32 Å². The maximum atomic E-state index is 6.16. The van der Waals surface area contributed by atoms with Crippen molar-refractivity contribution in [3.05, 3.63) is 35.4 Å². The van der Waals surface area contributed by atoms with Gasteiger partial charge in [-0.3, -0.25) is 0 Å². The molecular weight excluding hydrogens is 378 g/mol. The predicted octanol–water partition coefficient (Wildman–Crippen LogP) is 3.74. The second-order valence-electron chi connectivity index (χ2n) is 8.13. The molecule has 1 N–H and O–H groups in total. The van der Waals surface area contributed by atoms with Crippen LogP contribution in [0.4, 0.5) is 0 Å². The minimum atomic E-state index is 0.301. The Hall–Kier alpha value is -1.63. The molecule has 6 nitrogen and oxygen atoms in total. The number of rotatable bonds is 9. The van der Waals surface area contributed by atoms with Gasteiger partial charge in [-0.15, -0.1) is 0 Å². The van der Waals surface area contributed by atoms with E-state index in [0.717, 1.165) is 64.7 Å². The largest absolute Gasteiger partial charge is 0.377 e. The first-order chi connectivity index (χ1) is 14.8. The summed E-state index contributed by atoms with van der Waals surface area (Å²) in [5, 5.41) is 3.46. The lowest BCUT2D eigenvalue weighted by molar-refractivity contribution is -0.0721. The molecule has 30 heavy (non-hydrogen) atoms. The summed E-state index contributed by atoms with van der Waals surface area (Å²) in [5.41, 5.74) is 2.42. The first kappa shape index (κ1) is 23.0. The van der Waals surface area contributed by atoms with Crippen LogP contribution in [0.15, 0.2) is 29.3 Å². The number of ether oxygens (including phenoxy) is 3. The zero-order chi connectivity index (χ0) is 21.0. The van der Waals surface area contributed by atoms with E-state index in [1.54, 1.807) is 0 Å². The summed E-state index contributed by atoms with van der Waals surface area (Å²) in [5.74, 6) is 1.00. The van der Waals surface area contributed by atoms with E-state index in [-0.39, 0.29) is 0 Å². The topological polar surface area (TPSA) is 55.3 Å². The first-order valence-corrected chi connectivity index (χ1v) is 11.7. The van der Waals surface area contributed by atoms with Crippen LogP contribution in [0.1, 0.15) is 57.1 Å². The summed E-state index contributed by atoms with van der Waals surface area (Å²) in [6.45, 7) is 10.7. The Balaban J connectivity index is 1.45. The molecule has 1 atom stereocenters. The van der Waals surface area contributed by atoms with Gasteiger partial charge in [0.1, 0.15) is 0 Å². The molecular formula is C24H39N3O3. The lowest BCUT2D eigenvalue weighted by Gasteiger charge is -2.35. The Labute approximate surface area is 182 Å². The summed E-state index contributed by atoms with van der Waals surface area (Å²) in [6.07, 6.45) is 6.33. The summed E-state index contributed by atoms with van der Waals surface area (Å²) < 4.78 is 17.4. The lowest BCUT2D eigenvalue weighted by Crippen LogP contribution is -2.47. The molecule has 0 amide bonds. The van der Waals surface area contributed by atoms with Crippen LogP contribution in [0, 0.1) is 0 Å². The second-order valence-corrected chi connectivity index (χ2v) is 8.13. The molecule has 2 aliphatic heterocycles. The van der Waals surface area contributed by atoms with E-state index in [1.807, 2.05) is 6.92 Å². The van der Waals surface area contributed by atoms with Crippen molar-refractivity contribution in [3.63, 3.8) is 0 Å². The Morgan fingerprint density at radius 2 is 1.87 bits per heavy atom. The monoisotopic (exact) mass is 417 g/mol. The van der Waals surface area contributed by atoms with Gasteiger partial charge in [0.15, 0.2) is 5.96 Å². The molecule has 2 saturated heterocycles. The average molecular weight is 418 g/mol. The van der Waals surface area contributed by atoms with E-state index in [4.69, 9.17) is 19.2 Å². The van der Waals surface area contributed by atoms with E-state index >= 15 is 0 Å². The Bertz CT molecular complexity index is 621. The van der Waals surface area contributed by atoms with Gasteiger partial charge in [-0.05, 0) is 57.1 Å². The van der Waals surface area contributed by atoms with Crippen molar-refractivity contribution < 1.29 is 14.2 Å². The van der Waals surface area contributed by atoms with E-state index in [2.05, 4.69) is 41.4 Å².